The van der Waals surface area contributed by atoms with Gasteiger partial charge in [-0.1, -0.05) is 19.9 Å². The molecule has 1 unspecified atom stereocenters. The molecule has 1 nitrogen and oxygen atoms in total. The van der Waals surface area contributed by atoms with E-state index in [1.807, 2.05) is 33.8 Å². The fourth-order valence-corrected chi connectivity index (χ4v) is 0.697. The van der Waals surface area contributed by atoms with Crippen LogP contribution in [0.4, 0.5) is 0 Å². The molecule has 0 amide bonds. The first-order chi connectivity index (χ1) is 4.09. The lowest BCUT2D eigenvalue weighted by Crippen LogP contribution is -2.15. The van der Waals surface area contributed by atoms with Crippen molar-refractivity contribution >= 4 is 0 Å². The van der Waals surface area contributed by atoms with E-state index in [1.165, 1.54) is 0 Å². The van der Waals surface area contributed by atoms with Crippen LogP contribution >= 0.6 is 0 Å². The summed E-state index contributed by atoms with van der Waals surface area (Å²) in [5.41, 5.74) is 1.06. The van der Waals surface area contributed by atoms with Crippen molar-refractivity contribution in [2.24, 2.45) is 5.92 Å². The molecule has 0 aromatic carbocycles. The Balaban J connectivity index is 3.88. The molecule has 1 N–H and O–H groups in total. The lowest BCUT2D eigenvalue weighted by atomic mass is 10.0. The molecule has 0 aliphatic carbocycles. The molecule has 0 spiro atoms. The van der Waals surface area contributed by atoms with Gasteiger partial charge in [0, 0.05) is 0 Å². The highest BCUT2D eigenvalue weighted by Crippen LogP contribution is 2.09. The van der Waals surface area contributed by atoms with Gasteiger partial charge in [-0.05, 0) is 25.3 Å². The molecule has 0 aromatic rings. The topological polar surface area (TPSA) is 20.2 Å². The van der Waals surface area contributed by atoms with E-state index in [0.717, 1.165) is 5.57 Å². The second-order valence-corrected chi connectivity index (χ2v) is 2.72. The summed E-state index contributed by atoms with van der Waals surface area (Å²) in [6, 6.07) is 0. The van der Waals surface area contributed by atoms with Gasteiger partial charge in [0.15, 0.2) is 0 Å². The Bertz CT molecular complexity index is 103. The smallest absolute Gasteiger partial charge is 0.0770 e. The van der Waals surface area contributed by atoms with Crippen molar-refractivity contribution in [2.45, 2.75) is 33.8 Å². The highest BCUT2D eigenvalue weighted by Gasteiger charge is 2.08. The van der Waals surface area contributed by atoms with Gasteiger partial charge in [0.1, 0.15) is 0 Å². The summed E-state index contributed by atoms with van der Waals surface area (Å²) >= 11 is 0. The largest absolute Gasteiger partial charge is 0.389 e. The molecule has 0 aromatic heterocycles. The second-order valence-electron chi connectivity index (χ2n) is 2.72. The third kappa shape index (κ3) is 2.66. The number of hydrogen-bond acceptors (Lipinski definition) is 1. The predicted octanol–water partition coefficient (Wildman–Crippen LogP) is 1.97. The van der Waals surface area contributed by atoms with Gasteiger partial charge in [0.25, 0.3) is 0 Å². The molecule has 54 valence electrons. The van der Waals surface area contributed by atoms with Gasteiger partial charge >= 0.3 is 0 Å². The molecule has 0 saturated carbocycles. The summed E-state index contributed by atoms with van der Waals surface area (Å²) in [7, 11) is 0. The zero-order valence-corrected chi connectivity index (χ0v) is 6.68. The van der Waals surface area contributed by atoms with E-state index < -0.39 is 0 Å². The van der Waals surface area contributed by atoms with Gasteiger partial charge < -0.3 is 5.11 Å². The lowest BCUT2D eigenvalue weighted by molar-refractivity contribution is 0.160. The normalized spacial score (nSPS) is 16.4. The predicted molar refractivity (Wildman–Crippen MR) is 40.3 cm³/mol. The van der Waals surface area contributed by atoms with E-state index in [2.05, 4.69) is 0 Å². The molecule has 9 heavy (non-hydrogen) atoms. The van der Waals surface area contributed by atoms with Crippen LogP contribution in [0.3, 0.4) is 0 Å². The van der Waals surface area contributed by atoms with E-state index in [-0.39, 0.29) is 6.10 Å². The van der Waals surface area contributed by atoms with Crippen LogP contribution < -0.4 is 0 Å². The van der Waals surface area contributed by atoms with E-state index in [9.17, 15) is 5.11 Å². The van der Waals surface area contributed by atoms with Crippen molar-refractivity contribution < 1.29 is 5.11 Å². The summed E-state index contributed by atoms with van der Waals surface area (Å²) in [6.07, 6.45) is 1.69. The van der Waals surface area contributed by atoms with Crippen LogP contribution in [-0.2, 0) is 0 Å². The standard InChI is InChI=1S/C8H16O/c1-5-7(4)8(9)6(2)3/h5-6,8-9H,1-4H3/b7-5+. The number of aliphatic hydroxyl groups is 1. The average Bonchev–Trinajstić information content (AvgIpc) is 1.84. The van der Waals surface area contributed by atoms with Crippen molar-refractivity contribution in [3.05, 3.63) is 11.6 Å². The zero-order valence-electron chi connectivity index (χ0n) is 6.68. The van der Waals surface area contributed by atoms with E-state index in [1.54, 1.807) is 0 Å². The molecule has 0 radical (unpaired) electrons. The lowest BCUT2D eigenvalue weighted by Gasteiger charge is -2.13. The first-order valence-corrected chi connectivity index (χ1v) is 3.40. The van der Waals surface area contributed by atoms with E-state index in [4.69, 9.17) is 0 Å². The van der Waals surface area contributed by atoms with Crippen LogP contribution in [0.2, 0.25) is 0 Å². The molecule has 0 rings (SSSR count). The SMILES string of the molecule is C/C=C(\C)C(O)C(C)C. The highest BCUT2D eigenvalue weighted by molar-refractivity contribution is 5.03. The van der Waals surface area contributed by atoms with Gasteiger partial charge in [-0.15, -0.1) is 0 Å². The van der Waals surface area contributed by atoms with Gasteiger partial charge in [-0.25, -0.2) is 0 Å². The Kier molecular flexibility index (Phi) is 3.55. The molecule has 0 fully saturated rings. The van der Waals surface area contributed by atoms with Crippen LogP contribution in [0, 0.1) is 5.92 Å². The van der Waals surface area contributed by atoms with Crippen LogP contribution in [-0.4, -0.2) is 11.2 Å². The summed E-state index contributed by atoms with van der Waals surface area (Å²) in [6.45, 7) is 7.92. The molecular weight excluding hydrogens is 112 g/mol. The van der Waals surface area contributed by atoms with Gasteiger partial charge in [-0.2, -0.15) is 0 Å². The maximum atomic E-state index is 9.33. The first-order valence-electron chi connectivity index (χ1n) is 3.40. The second kappa shape index (κ2) is 3.67. The third-order valence-electron chi connectivity index (χ3n) is 1.55. The fraction of sp³-hybridized carbons (Fsp3) is 0.750. The van der Waals surface area contributed by atoms with Crippen LogP contribution in [0.15, 0.2) is 11.6 Å². The monoisotopic (exact) mass is 128 g/mol. The zero-order chi connectivity index (χ0) is 7.44. The Morgan fingerprint density at radius 2 is 1.89 bits per heavy atom. The molecule has 0 saturated heterocycles. The number of allylic oxidation sites excluding steroid dienone is 1. The van der Waals surface area contributed by atoms with Crippen molar-refractivity contribution in [3.8, 4) is 0 Å². The van der Waals surface area contributed by atoms with E-state index in [0.29, 0.717) is 5.92 Å². The Labute approximate surface area is 57.4 Å². The molecule has 1 atom stereocenters. The van der Waals surface area contributed by atoms with Crippen LogP contribution in [0.25, 0.3) is 0 Å². The van der Waals surface area contributed by atoms with Crippen molar-refractivity contribution in [1.82, 2.24) is 0 Å². The Hall–Kier alpha value is -0.300. The van der Waals surface area contributed by atoms with Gasteiger partial charge in [0.2, 0.25) is 0 Å². The summed E-state index contributed by atoms with van der Waals surface area (Å²) in [5, 5.41) is 9.33. The molecule has 0 aliphatic rings. The molecule has 0 bridgehead atoms. The quantitative estimate of drug-likeness (QED) is 0.564. The van der Waals surface area contributed by atoms with Crippen LogP contribution in [0.5, 0.6) is 0 Å². The minimum absolute atomic E-state index is 0.255. The summed E-state index contributed by atoms with van der Waals surface area (Å²) < 4.78 is 0. The maximum Gasteiger partial charge on any atom is 0.0770 e. The van der Waals surface area contributed by atoms with Crippen molar-refractivity contribution in [3.63, 3.8) is 0 Å². The Morgan fingerprint density at radius 3 is 2.00 bits per heavy atom. The minimum Gasteiger partial charge on any atom is -0.389 e. The minimum atomic E-state index is -0.255. The van der Waals surface area contributed by atoms with Gasteiger partial charge in [0.05, 0.1) is 6.10 Å². The fourth-order valence-electron chi connectivity index (χ4n) is 0.697. The molecule has 1 heteroatoms. The van der Waals surface area contributed by atoms with Crippen LogP contribution in [0.1, 0.15) is 27.7 Å². The van der Waals surface area contributed by atoms with E-state index >= 15 is 0 Å². The first kappa shape index (κ1) is 8.70. The number of aliphatic hydroxyl groups excluding tert-OH is 1. The molecular formula is C8H16O. The molecule has 0 heterocycles. The number of rotatable bonds is 2. The third-order valence-corrected chi connectivity index (χ3v) is 1.55. The average molecular weight is 128 g/mol. The van der Waals surface area contributed by atoms with Crippen molar-refractivity contribution in [1.29, 1.82) is 0 Å². The van der Waals surface area contributed by atoms with Crippen molar-refractivity contribution in [2.75, 3.05) is 0 Å². The highest BCUT2D eigenvalue weighted by atomic mass is 16.3. The Morgan fingerprint density at radius 1 is 1.44 bits per heavy atom. The summed E-state index contributed by atoms with van der Waals surface area (Å²) in [4.78, 5) is 0. The summed E-state index contributed by atoms with van der Waals surface area (Å²) in [5.74, 6) is 0.334. The number of hydrogen-bond donors (Lipinski definition) is 1. The van der Waals surface area contributed by atoms with Gasteiger partial charge in [-0.3, -0.25) is 0 Å². The molecule has 0 aliphatic heterocycles. The maximum absolute atomic E-state index is 9.33.